The maximum Gasteiger partial charge on any atom is 0.254 e. The van der Waals surface area contributed by atoms with Crippen molar-refractivity contribution in [2.45, 2.75) is 30.5 Å². The predicted molar refractivity (Wildman–Crippen MR) is 66.6 cm³/mol. The molecule has 0 aliphatic heterocycles. The summed E-state index contributed by atoms with van der Waals surface area (Å²) in [4.78, 5) is 3.95. The molecule has 0 atom stereocenters. The molecule has 0 aromatic carbocycles. The van der Waals surface area contributed by atoms with E-state index in [1.807, 2.05) is 0 Å². The first kappa shape index (κ1) is 13.9. The summed E-state index contributed by atoms with van der Waals surface area (Å²) < 4.78 is 25.9. The molecular formula is C9H15ClN2O2S2. The van der Waals surface area contributed by atoms with Gasteiger partial charge < -0.3 is 0 Å². The molecule has 0 aliphatic carbocycles. The van der Waals surface area contributed by atoms with Crippen LogP contribution in [0, 0.1) is 6.92 Å². The summed E-state index contributed by atoms with van der Waals surface area (Å²) >= 11 is 6.93. The van der Waals surface area contributed by atoms with Gasteiger partial charge in [0.15, 0.2) is 4.21 Å². The van der Waals surface area contributed by atoms with Gasteiger partial charge in [-0.25, -0.2) is 13.4 Å². The van der Waals surface area contributed by atoms with Gasteiger partial charge in [-0.2, -0.15) is 4.31 Å². The third kappa shape index (κ3) is 2.56. The van der Waals surface area contributed by atoms with Crippen molar-refractivity contribution in [3.05, 3.63) is 11.2 Å². The van der Waals surface area contributed by atoms with Crippen LogP contribution < -0.4 is 0 Å². The van der Waals surface area contributed by atoms with Gasteiger partial charge in [0.25, 0.3) is 10.0 Å². The zero-order valence-corrected chi connectivity index (χ0v) is 12.1. The van der Waals surface area contributed by atoms with Gasteiger partial charge in [0.05, 0.1) is 11.2 Å². The Morgan fingerprint density at radius 1 is 1.56 bits per heavy atom. The lowest BCUT2D eigenvalue weighted by Crippen LogP contribution is -2.46. The molecule has 1 rings (SSSR count). The number of hydrogen-bond acceptors (Lipinski definition) is 4. The van der Waals surface area contributed by atoms with Gasteiger partial charge in [-0.3, -0.25) is 0 Å². The van der Waals surface area contributed by atoms with Gasteiger partial charge in [0, 0.05) is 18.5 Å². The van der Waals surface area contributed by atoms with Crippen LogP contribution in [0.1, 0.15) is 18.9 Å². The molecule has 0 aliphatic rings. The van der Waals surface area contributed by atoms with E-state index in [9.17, 15) is 8.42 Å². The van der Waals surface area contributed by atoms with E-state index >= 15 is 0 Å². The maximum atomic E-state index is 12.2. The number of aromatic nitrogens is 1. The fraction of sp³-hybridized carbons (Fsp3) is 0.667. The lowest BCUT2D eigenvalue weighted by Gasteiger charge is -2.32. The number of rotatable bonds is 4. The van der Waals surface area contributed by atoms with E-state index in [-0.39, 0.29) is 10.1 Å². The number of nitrogens with zero attached hydrogens (tertiary/aromatic N) is 2. The molecule has 16 heavy (non-hydrogen) atoms. The molecule has 7 heteroatoms. The first-order valence-corrected chi connectivity index (χ1v) is 7.48. The van der Waals surface area contributed by atoms with Crippen molar-refractivity contribution in [2.75, 3.05) is 12.9 Å². The monoisotopic (exact) mass is 282 g/mol. The summed E-state index contributed by atoms with van der Waals surface area (Å²) in [7, 11) is -1.95. The number of thiazole rings is 1. The highest BCUT2D eigenvalue weighted by molar-refractivity contribution is 7.91. The molecule has 0 fully saturated rings. The second-order valence-corrected chi connectivity index (χ2v) is 7.82. The minimum Gasteiger partial charge on any atom is -0.249 e. The van der Waals surface area contributed by atoms with E-state index in [1.54, 1.807) is 20.8 Å². The van der Waals surface area contributed by atoms with Crippen molar-refractivity contribution in [3.8, 4) is 0 Å². The van der Waals surface area contributed by atoms with Gasteiger partial charge in [-0.05, 0) is 20.8 Å². The molecule has 0 amide bonds. The van der Waals surface area contributed by atoms with Gasteiger partial charge in [-0.1, -0.05) is 0 Å². The van der Waals surface area contributed by atoms with Crippen molar-refractivity contribution in [2.24, 2.45) is 0 Å². The second kappa shape index (κ2) is 4.60. The van der Waals surface area contributed by atoms with Crippen molar-refractivity contribution in [1.82, 2.24) is 9.29 Å². The Kier molecular flexibility index (Phi) is 3.99. The van der Waals surface area contributed by atoms with Crippen LogP contribution in [0.3, 0.4) is 0 Å². The molecule has 1 aromatic rings. The molecule has 0 N–H and O–H groups in total. The van der Waals surface area contributed by atoms with Crippen LogP contribution in [0.25, 0.3) is 0 Å². The fourth-order valence-electron chi connectivity index (χ4n) is 1.01. The third-order valence-electron chi connectivity index (χ3n) is 2.39. The number of alkyl halides is 1. The van der Waals surface area contributed by atoms with Gasteiger partial charge in [0.2, 0.25) is 0 Å². The van der Waals surface area contributed by atoms with Crippen molar-refractivity contribution in [3.63, 3.8) is 0 Å². The summed E-state index contributed by atoms with van der Waals surface area (Å²) in [5, 5.41) is 0.732. The average Bonchev–Trinajstić information content (AvgIpc) is 2.64. The lowest BCUT2D eigenvalue weighted by molar-refractivity contribution is 0.296. The van der Waals surface area contributed by atoms with Crippen LogP contribution in [-0.4, -0.2) is 36.2 Å². The molecule has 0 radical (unpaired) electrons. The molecule has 92 valence electrons. The van der Waals surface area contributed by atoms with Crippen LogP contribution in [0.2, 0.25) is 0 Å². The SMILES string of the molecule is Cc1ncc(S(=O)(=O)N(C)C(C)(C)CCl)s1. The minimum absolute atomic E-state index is 0.237. The zero-order chi connectivity index (χ0) is 12.6. The number of aryl methyl sites for hydroxylation is 1. The van der Waals surface area contributed by atoms with Crippen molar-refractivity contribution in [1.29, 1.82) is 0 Å². The third-order valence-corrected chi connectivity index (χ3v) is 6.47. The second-order valence-electron chi connectivity index (χ2n) is 4.12. The van der Waals surface area contributed by atoms with Crippen LogP contribution >= 0.6 is 22.9 Å². The highest BCUT2D eigenvalue weighted by Crippen LogP contribution is 2.27. The van der Waals surface area contributed by atoms with Crippen molar-refractivity contribution >= 4 is 33.0 Å². The Morgan fingerprint density at radius 2 is 2.12 bits per heavy atom. The summed E-state index contributed by atoms with van der Waals surface area (Å²) in [6.45, 7) is 5.34. The molecular weight excluding hydrogens is 268 g/mol. The zero-order valence-electron chi connectivity index (χ0n) is 9.69. The Hall–Kier alpha value is -0.170. The molecule has 4 nitrogen and oxygen atoms in total. The van der Waals surface area contributed by atoms with Gasteiger partial charge in [-0.15, -0.1) is 22.9 Å². The standard InChI is InChI=1S/C9H15ClN2O2S2/c1-7-11-5-8(15-7)16(13,14)12(4)9(2,3)6-10/h5H,6H2,1-4H3. The Morgan fingerprint density at radius 3 is 2.50 bits per heavy atom. The summed E-state index contributed by atoms with van der Waals surface area (Å²) in [6.07, 6.45) is 1.39. The molecule has 1 aromatic heterocycles. The van der Waals surface area contributed by atoms with Crippen LogP contribution in [0.15, 0.2) is 10.4 Å². The van der Waals surface area contributed by atoms with E-state index in [1.165, 1.54) is 28.9 Å². The smallest absolute Gasteiger partial charge is 0.249 e. The quantitative estimate of drug-likeness (QED) is 0.795. The number of hydrogen-bond donors (Lipinski definition) is 0. The first-order chi connectivity index (χ1) is 7.21. The average molecular weight is 283 g/mol. The Bertz CT molecular complexity index is 468. The van der Waals surface area contributed by atoms with E-state index in [0.717, 1.165) is 5.01 Å². The highest BCUT2D eigenvalue weighted by Gasteiger charge is 2.34. The molecule has 0 saturated carbocycles. The molecule has 1 heterocycles. The normalized spacial score (nSPS) is 13.4. The van der Waals surface area contributed by atoms with Crippen LogP contribution in [0.5, 0.6) is 0 Å². The predicted octanol–water partition coefficient (Wildman–Crippen LogP) is 2.09. The number of sulfonamides is 1. The van der Waals surface area contributed by atoms with Crippen LogP contribution in [0.4, 0.5) is 0 Å². The summed E-state index contributed by atoms with van der Waals surface area (Å²) in [5.74, 6) is 0.237. The minimum atomic E-state index is -3.48. The molecule has 0 unspecified atom stereocenters. The molecule has 0 saturated heterocycles. The first-order valence-electron chi connectivity index (χ1n) is 4.69. The van der Waals surface area contributed by atoms with Crippen molar-refractivity contribution < 1.29 is 8.42 Å². The fourth-order valence-corrected chi connectivity index (χ4v) is 4.05. The lowest BCUT2D eigenvalue weighted by atomic mass is 10.1. The highest BCUT2D eigenvalue weighted by atomic mass is 35.5. The van der Waals surface area contributed by atoms with E-state index in [2.05, 4.69) is 4.98 Å². The van der Waals surface area contributed by atoms with Gasteiger partial charge >= 0.3 is 0 Å². The summed E-state index contributed by atoms with van der Waals surface area (Å²) in [6, 6.07) is 0. The van der Waals surface area contributed by atoms with E-state index in [4.69, 9.17) is 11.6 Å². The topological polar surface area (TPSA) is 50.3 Å². The molecule has 0 bridgehead atoms. The maximum absolute atomic E-state index is 12.2. The summed E-state index contributed by atoms with van der Waals surface area (Å²) in [5.41, 5.74) is -0.613. The Balaban J connectivity index is 3.13. The van der Waals surface area contributed by atoms with Gasteiger partial charge in [0.1, 0.15) is 0 Å². The number of halogens is 1. The Labute approximate surface area is 105 Å². The largest absolute Gasteiger partial charge is 0.254 e. The van der Waals surface area contributed by atoms with E-state index < -0.39 is 15.6 Å². The van der Waals surface area contributed by atoms with Crippen LogP contribution in [-0.2, 0) is 10.0 Å². The van der Waals surface area contributed by atoms with E-state index in [0.29, 0.717) is 0 Å². The molecule has 0 spiro atoms.